The van der Waals surface area contributed by atoms with E-state index in [0.717, 1.165) is 37.8 Å². The van der Waals surface area contributed by atoms with Crippen molar-refractivity contribution in [3.63, 3.8) is 0 Å². The first kappa shape index (κ1) is 12.4. The molecule has 3 N–H and O–H groups in total. The Morgan fingerprint density at radius 2 is 2.28 bits per heavy atom. The number of aromatic nitrogens is 1. The first-order valence-electron chi connectivity index (χ1n) is 5.55. The second kappa shape index (κ2) is 4.80. The molecule has 1 aliphatic heterocycles. The van der Waals surface area contributed by atoms with E-state index < -0.39 is 0 Å². The number of fused-ring (bicyclic) bond motifs is 2. The van der Waals surface area contributed by atoms with Crippen molar-refractivity contribution in [1.29, 1.82) is 0 Å². The van der Waals surface area contributed by atoms with E-state index in [1.165, 1.54) is 0 Å². The molecule has 0 bridgehead atoms. The normalized spacial score (nSPS) is 14.6. The van der Waals surface area contributed by atoms with Crippen molar-refractivity contribution < 1.29 is 4.74 Å². The van der Waals surface area contributed by atoms with Gasteiger partial charge in [0.15, 0.2) is 0 Å². The molecule has 0 radical (unpaired) electrons. The molecule has 2 aromatic rings. The van der Waals surface area contributed by atoms with Crippen LogP contribution < -0.4 is 11.3 Å². The Bertz CT molecular complexity index is 632. The summed E-state index contributed by atoms with van der Waals surface area (Å²) in [5, 5.41) is 1.63. The Kier molecular flexibility index (Phi) is 3.31. The van der Waals surface area contributed by atoms with E-state index in [9.17, 15) is 0 Å². The third-order valence-corrected chi connectivity index (χ3v) is 4.11. The van der Waals surface area contributed by atoms with Crippen LogP contribution in [0, 0.1) is 3.57 Å². The van der Waals surface area contributed by atoms with Crippen molar-refractivity contribution in [3.05, 3.63) is 32.0 Å². The third kappa shape index (κ3) is 1.95. The molecule has 0 aliphatic carbocycles. The quantitative estimate of drug-likeness (QED) is 0.457. The number of nitrogens with one attached hydrogen (secondary N) is 1. The first-order valence-corrected chi connectivity index (χ1v) is 7.01. The van der Waals surface area contributed by atoms with Crippen LogP contribution in [0.1, 0.15) is 11.3 Å². The number of pyridine rings is 1. The SMILES string of the molecule is NNc1c2c(nc3c(I)cc(Cl)cc13)CCOC2. The summed E-state index contributed by atoms with van der Waals surface area (Å²) in [7, 11) is 0. The van der Waals surface area contributed by atoms with Crippen LogP contribution in [0.2, 0.25) is 5.02 Å². The molecule has 0 spiro atoms. The second-order valence-electron chi connectivity index (χ2n) is 4.14. The number of rotatable bonds is 1. The molecule has 94 valence electrons. The van der Waals surface area contributed by atoms with Crippen LogP contribution in [0.25, 0.3) is 10.9 Å². The molecule has 2 heterocycles. The minimum absolute atomic E-state index is 0.543. The third-order valence-electron chi connectivity index (χ3n) is 3.07. The van der Waals surface area contributed by atoms with Gasteiger partial charge in [-0.3, -0.25) is 10.8 Å². The Morgan fingerprint density at radius 1 is 1.44 bits per heavy atom. The van der Waals surface area contributed by atoms with E-state index in [4.69, 9.17) is 27.2 Å². The number of ether oxygens (including phenoxy) is 1. The van der Waals surface area contributed by atoms with Crippen molar-refractivity contribution >= 4 is 50.8 Å². The molecule has 0 atom stereocenters. The Morgan fingerprint density at radius 3 is 3.06 bits per heavy atom. The summed E-state index contributed by atoms with van der Waals surface area (Å²) in [6, 6.07) is 3.79. The highest BCUT2D eigenvalue weighted by atomic mass is 127. The number of halogens is 2. The van der Waals surface area contributed by atoms with Crippen LogP contribution in [0.5, 0.6) is 0 Å². The fourth-order valence-electron chi connectivity index (χ4n) is 2.25. The van der Waals surface area contributed by atoms with Gasteiger partial charge in [0.2, 0.25) is 0 Å². The molecule has 1 aromatic heterocycles. The molecule has 18 heavy (non-hydrogen) atoms. The van der Waals surface area contributed by atoms with E-state index in [1.54, 1.807) is 0 Å². The molecule has 0 amide bonds. The van der Waals surface area contributed by atoms with E-state index in [-0.39, 0.29) is 0 Å². The van der Waals surface area contributed by atoms with Crippen molar-refractivity contribution in [2.45, 2.75) is 13.0 Å². The van der Waals surface area contributed by atoms with Crippen molar-refractivity contribution in [3.8, 4) is 0 Å². The molecule has 0 fully saturated rings. The fourth-order valence-corrected chi connectivity index (χ4v) is 3.40. The number of hydrogen-bond acceptors (Lipinski definition) is 4. The number of benzene rings is 1. The molecule has 0 saturated heterocycles. The molecule has 1 aromatic carbocycles. The molecular weight excluding hydrogens is 365 g/mol. The van der Waals surface area contributed by atoms with Crippen LogP contribution in [-0.2, 0) is 17.8 Å². The van der Waals surface area contributed by atoms with Gasteiger partial charge in [0, 0.05) is 26.0 Å². The van der Waals surface area contributed by atoms with E-state index in [1.807, 2.05) is 12.1 Å². The standard InChI is InChI=1S/C12H11ClIN3O/c13-6-3-7-11(17-15)8-5-18-2-1-10(8)16-12(7)9(14)4-6/h3-4H,1-2,5,15H2,(H,16,17). The van der Waals surface area contributed by atoms with Gasteiger partial charge in [0.25, 0.3) is 0 Å². The number of nitrogen functional groups attached to an aromatic ring is 1. The molecule has 0 saturated carbocycles. The van der Waals surface area contributed by atoms with Gasteiger partial charge < -0.3 is 10.2 Å². The topological polar surface area (TPSA) is 60.2 Å². The molecular formula is C12H11ClIN3O. The summed E-state index contributed by atoms with van der Waals surface area (Å²) < 4.78 is 6.51. The van der Waals surface area contributed by atoms with Crippen molar-refractivity contribution in [2.24, 2.45) is 5.84 Å². The van der Waals surface area contributed by atoms with Gasteiger partial charge in [-0.05, 0) is 34.7 Å². The summed E-state index contributed by atoms with van der Waals surface area (Å²) in [6.45, 7) is 1.25. The zero-order valence-corrected chi connectivity index (χ0v) is 12.4. The van der Waals surface area contributed by atoms with Gasteiger partial charge in [-0.2, -0.15) is 0 Å². The predicted molar refractivity (Wildman–Crippen MR) is 80.6 cm³/mol. The van der Waals surface area contributed by atoms with E-state index in [0.29, 0.717) is 18.2 Å². The number of anilines is 1. The average molecular weight is 376 g/mol. The average Bonchev–Trinajstić information content (AvgIpc) is 2.36. The zero-order chi connectivity index (χ0) is 12.7. The monoisotopic (exact) mass is 375 g/mol. The van der Waals surface area contributed by atoms with Gasteiger partial charge in [0.05, 0.1) is 30.1 Å². The summed E-state index contributed by atoms with van der Waals surface area (Å²) in [5.74, 6) is 5.66. The van der Waals surface area contributed by atoms with Crippen LogP contribution in [0.15, 0.2) is 12.1 Å². The minimum atomic E-state index is 0.543. The van der Waals surface area contributed by atoms with E-state index >= 15 is 0 Å². The maximum absolute atomic E-state index is 6.10. The van der Waals surface area contributed by atoms with Crippen molar-refractivity contribution in [2.75, 3.05) is 12.0 Å². The number of hydrogen-bond donors (Lipinski definition) is 2. The highest BCUT2D eigenvalue weighted by Gasteiger charge is 2.19. The van der Waals surface area contributed by atoms with Gasteiger partial charge in [-0.15, -0.1) is 0 Å². The lowest BCUT2D eigenvalue weighted by molar-refractivity contribution is 0.110. The Balaban J connectivity index is 2.40. The maximum Gasteiger partial charge on any atom is 0.0861 e. The number of hydrazine groups is 1. The summed E-state index contributed by atoms with van der Waals surface area (Å²) in [4.78, 5) is 4.72. The molecule has 0 unspecified atom stereocenters. The first-order chi connectivity index (χ1) is 8.70. The predicted octanol–water partition coefficient (Wildman–Crippen LogP) is 2.85. The van der Waals surface area contributed by atoms with Crippen LogP contribution in [-0.4, -0.2) is 11.6 Å². The van der Waals surface area contributed by atoms with Crippen LogP contribution in [0.3, 0.4) is 0 Å². The smallest absolute Gasteiger partial charge is 0.0861 e. The summed E-state index contributed by atoms with van der Waals surface area (Å²) in [5.41, 5.74) is 6.67. The van der Waals surface area contributed by atoms with Crippen molar-refractivity contribution in [1.82, 2.24) is 4.98 Å². The van der Waals surface area contributed by atoms with Crippen LogP contribution in [0.4, 0.5) is 5.69 Å². The fraction of sp³-hybridized carbons (Fsp3) is 0.250. The largest absolute Gasteiger partial charge is 0.376 e. The van der Waals surface area contributed by atoms with E-state index in [2.05, 4.69) is 28.0 Å². The lowest BCUT2D eigenvalue weighted by Crippen LogP contribution is -2.18. The lowest BCUT2D eigenvalue weighted by Gasteiger charge is -2.21. The highest BCUT2D eigenvalue weighted by Crippen LogP contribution is 2.34. The number of nitrogens with two attached hydrogens (primary N) is 1. The molecule has 3 rings (SSSR count). The van der Waals surface area contributed by atoms with Gasteiger partial charge in [-0.25, -0.2) is 0 Å². The summed E-state index contributed by atoms with van der Waals surface area (Å²) in [6.07, 6.45) is 0.818. The Labute approximate surface area is 123 Å². The summed E-state index contributed by atoms with van der Waals surface area (Å²) >= 11 is 8.35. The molecule has 1 aliphatic rings. The van der Waals surface area contributed by atoms with Gasteiger partial charge in [0.1, 0.15) is 0 Å². The van der Waals surface area contributed by atoms with Gasteiger partial charge >= 0.3 is 0 Å². The number of nitrogens with zero attached hydrogens (tertiary/aromatic N) is 1. The zero-order valence-electron chi connectivity index (χ0n) is 9.46. The maximum atomic E-state index is 6.10. The molecule has 6 heteroatoms. The minimum Gasteiger partial charge on any atom is -0.376 e. The second-order valence-corrected chi connectivity index (χ2v) is 5.74. The van der Waals surface area contributed by atoms with Gasteiger partial charge in [-0.1, -0.05) is 11.6 Å². The molecule has 4 nitrogen and oxygen atoms in total. The highest BCUT2D eigenvalue weighted by molar-refractivity contribution is 14.1. The van der Waals surface area contributed by atoms with Crippen LogP contribution >= 0.6 is 34.2 Å². The Hall–Kier alpha value is -0.630. The lowest BCUT2D eigenvalue weighted by atomic mass is 10.0.